The monoisotopic (exact) mass is 466 g/mol. The lowest BCUT2D eigenvalue weighted by Gasteiger charge is -2.33. The predicted octanol–water partition coefficient (Wildman–Crippen LogP) is 4.63. The van der Waals surface area contributed by atoms with Gasteiger partial charge in [-0.1, -0.05) is 35.4 Å². The van der Waals surface area contributed by atoms with E-state index in [4.69, 9.17) is 11.6 Å². The number of thiophene rings is 1. The average molecular weight is 467 g/mol. The molecule has 162 valence electrons. The van der Waals surface area contributed by atoms with Crippen molar-refractivity contribution in [2.45, 2.75) is 38.1 Å². The number of amides is 1. The smallest absolute Gasteiger partial charge is 0.243 e. The minimum atomic E-state index is -3.56. The van der Waals surface area contributed by atoms with Gasteiger partial charge in [0.15, 0.2) is 0 Å². The lowest BCUT2D eigenvalue weighted by Crippen LogP contribution is -2.44. The fraction of sp³-hybridized carbons (Fsp3) is 0.409. The summed E-state index contributed by atoms with van der Waals surface area (Å²) in [6, 6.07) is 9.13. The zero-order valence-corrected chi connectivity index (χ0v) is 19.7. The number of piperidine rings is 1. The maximum absolute atomic E-state index is 13.1. The van der Waals surface area contributed by atoms with E-state index < -0.39 is 10.0 Å². The van der Waals surface area contributed by atoms with Crippen LogP contribution in [0.15, 0.2) is 47.9 Å². The normalized spacial score (nSPS) is 15.8. The molecule has 0 N–H and O–H groups in total. The molecule has 3 rings (SSSR count). The van der Waals surface area contributed by atoms with Gasteiger partial charge in [0.2, 0.25) is 15.9 Å². The van der Waals surface area contributed by atoms with Crippen molar-refractivity contribution >= 4 is 38.9 Å². The maximum Gasteiger partial charge on any atom is 0.243 e. The average Bonchev–Trinajstić information content (AvgIpc) is 3.11. The lowest BCUT2D eigenvalue weighted by atomic mass is 9.96. The van der Waals surface area contributed by atoms with Crippen molar-refractivity contribution in [1.29, 1.82) is 0 Å². The summed E-state index contributed by atoms with van der Waals surface area (Å²) in [5.74, 6) is -0.145. The van der Waals surface area contributed by atoms with Gasteiger partial charge >= 0.3 is 0 Å². The Morgan fingerprint density at radius 1 is 1.27 bits per heavy atom. The predicted molar refractivity (Wildman–Crippen MR) is 122 cm³/mol. The van der Waals surface area contributed by atoms with E-state index >= 15 is 0 Å². The van der Waals surface area contributed by atoms with Crippen molar-refractivity contribution in [1.82, 2.24) is 9.21 Å². The number of aryl methyl sites for hydroxylation is 2. The molecule has 1 aromatic carbocycles. The zero-order chi connectivity index (χ0) is 21.9. The molecule has 0 atom stereocenters. The quantitative estimate of drug-likeness (QED) is 0.559. The molecule has 30 heavy (non-hydrogen) atoms. The molecule has 1 aliphatic rings. The number of rotatable bonds is 7. The molecular formula is C22H27ClN2O3S2. The van der Waals surface area contributed by atoms with E-state index in [9.17, 15) is 13.2 Å². The number of benzene rings is 1. The topological polar surface area (TPSA) is 57.7 Å². The fourth-order valence-electron chi connectivity index (χ4n) is 3.84. The molecule has 0 unspecified atom stereocenters. The number of halogens is 1. The van der Waals surface area contributed by atoms with Gasteiger partial charge in [0.05, 0.1) is 15.8 Å². The van der Waals surface area contributed by atoms with Gasteiger partial charge in [0, 0.05) is 30.4 Å². The molecule has 1 aromatic heterocycles. The summed E-state index contributed by atoms with van der Waals surface area (Å²) < 4.78 is 28.4. The summed E-state index contributed by atoms with van der Waals surface area (Å²) in [6.45, 7) is 9.16. The van der Waals surface area contributed by atoms with E-state index in [1.165, 1.54) is 15.6 Å². The number of nitrogens with zero attached hydrogens (tertiary/aromatic N) is 2. The number of carbonyl (C=O) groups excluding carboxylic acids is 1. The third-order valence-corrected chi connectivity index (χ3v) is 8.66. The van der Waals surface area contributed by atoms with Crippen molar-refractivity contribution < 1.29 is 13.2 Å². The Hall–Kier alpha value is -1.67. The minimum absolute atomic E-state index is 0.0444. The molecule has 2 heterocycles. The van der Waals surface area contributed by atoms with Crippen molar-refractivity contribution in [3.05, 3.63) is 63.3 Å². The Kier molecular flexibility index (Phi) is 7.39. The second-order valence-corrected chi connectivity index (χ2v) is 11.4. The number of hydrogen-bond donors (Lipinski definition) is 0. The van der Waals surface area contributed by atoms with Crippen LogP contribution in [0.1, 0.15) is 28.8 Å². The Morgan fingerprint density at radius 3 is 2.53 bits per heavy atom. The van der Waals surface area contributed by atoms with Crippen LogP contribution in [0, 0.1) is 19.8 Å². The Labute approximate surface area is 188 Å². The van der Waals surface area contributed by atoms with Crippen LogP contribution < -0.4 is 0 Å². The summed E-state index contributed by atoms with van der Waals surface area (Å²) in [4.78, 5) is 16.2. The fourth-order valence-corrected chi connectivity index (χ4v) is 6.62. The number of sulfonamides is 1. The summed E-state index contributed by atoms with van der Waals surface area (Å²) in [7, 11) is -3.56. The minimum Gasteiger partial charge on any atom is -0.334 e. The number of hydrogen-bond acceptors (Lipinski definition) is 4. The van der Waals surface area contributed by atoms with Gasteiger partial charge in [-0.25, -0.2) is 8.42 Å². The van der Waals surface area contributed by atoms with Crippen molar-refractivity contribution in [2.24, 2.45) is 5.92 Å². The highest BCUT2D eigenvalue weighted by Crippen LogP contribution is 2.28. The van der Waals surface area contributed by atoms with E-state index in [1.807, 2.05) is 38.1 Å². The molecule has 1 amide bonds. The molecule has 5 nitrogen and oxygen atoms in total. The van der Waals surface area contributed by atoms with Gasteiger partial charge in [-0.2, -0.15) is 4.31 Å². The first-order valence-corrected chi connectivity index (χ1v) is 12.6. The molecule has 0 spiro atoms. The van der Waals surface area contributed by atoms with E-state index in [2.05, 4.69) is 6.58 Å². The van der Waals surface area contributed by atoms with Crippen LogP contribution in [0.4, 0.5) is 0 Å². The second-order valence-electron chi connectivity index (χ2n) is 7.66. The van der Waals surface area contributed by atoms with Crippen LogP contribution >= 0.6 is 22.9 Å². The summed E-state index contributed by atoms with van der Waals surface area (Å²) in [5, 5.41) is 0. The molecule has 2 aromatic rings. The summed E-state index contributed by atoms with van der Waals surface area (Å²) in [6.07, 6.45) is 2.75. The Morgan fingerprint density at radius 2 is 1.97 bits per heavy atom. The van der Waals surface area contributed by atoms with Gasteiger partial charge in [-0.05, 0) is 50.5 Å². The van der Waals surface area contributed by atoms with Gasteiger partial charge in [-0.15, -0.1) is 17.9 Å². The molecule has 1 aliphatic heterocycles. The molecule has 1 fully saturated rings. The number of carbonyl (C=O) groups is 1. The zero-order valence-electron chi connectivity index (χ0n) is 17.3. The van der Waals surface area contributed by atoms with Crippen LogP contribution in [-0.4, -0.2) is 43.2 Å². The molecule has 0 radical (unpaired) electrons. The first kappa shape index (κ1) is 23.0. The van der Waals surface area contributed by atoms with Crippen molar-refractivity contribution in [3.8, 4) is 0 Å². The van der Waals surface area contributed by atoms with Crippen molar-refractivity contribution in [2.75, 3.05) is 19.6 Å². The maximum atomic E-state index is 13.1. The molecular weight excluding hydrogens is 440 g/mol. The second kappa shape index (κ2) is 9.64. The highest BCUT2D eigenvalue weighted by Gasteiger charge is 2.34. The first-order chi connectivity index (χ1) is 14.2. The van der Waals surface area contributed by atoms with Crippen LogP contribution in [0.2, 0.25) is 4.34 Å². The summed E-state index contributed by atoms with van der Waals surface area (Å²) >= 11 is 7.47. The third-order valence-electron chi connectivity index (χ3n) is 5.39. The lowest BCUT2D eigenvalue weighted by molar-refractivity contribution is -0.136. The molecule has 0 bridgehead atoms. The Balaban J connectivity index is 1.67. The van der Waals surface area contributed by atoms with Crippen LogP contribution in [-0.2, 0) is 21.4 Å². The molecule has 1 saturated heterocycles. The standard InChI is InChI=1S/C22H27ClN2O3S2/c1-4-11-24(15-19-6-8-21(23)29-19)22(26)18-9-12-25(13-10-18)30(27,28)20-7-5-16(2)14-17(20)3/h4-8,14,18H,1,9-13,15H2,2-3H3. The van der Waals surface area contributed by atoms with E-state index in [0.717, 1.165) is 16.0 Å². The first-order valence-electron chi connectivity index (χ1n) is 9.93. The highest BCUT2D eigenvalue weighted by molar-refractivity contribution is 7.89. The van der Waals surface area contributed by atoms with Gasteiger partial charge in [0.25, 0.3) is 0 Å². The van der Waals surface area contributed by atoms with Gasteiger partial charge < -0.3 is 4.90 Å². The summed E-state index contributed by atoms with van der Waals surface area (Å²) in [5.41, 5.74) is 1.78. The van der Waals surface area contributed by atoms with Crippen molar-refractivity contribution in [3.63, 3.8) is 0 Å². The van der Waals surface area contributed by atoms with Crippen LogP contribution in [0.3, 0.4) is 0 Å². The third kappa shape index (κ3) is 5.14. The molecule has 0 aliphatic carbocycles. The van der Waals surface area contributed by atoms with Crippen LogP contribution in [0.25, 0.3) is 0 Å². The highest BCUT2D eigenvalue weighted by atomic mass is 35.5. The van der Waals surface area contributed by atoms with E-state index in [1.54, 1.807) is 17.0 Å². The van der Waals surface area contributed by atoms with E-state index in [-0.39, 0.29) is 11.8 Å². The van der Waals surface area contributed by atoms with Crippen LogP contribution in [0.5, 0.6) is 0 Å². The van der Waals surface area contributed by atoms with E-state index in [0.29, 0.717) is 48.3 Å². The largest absolute Gasteiger partial charge is 0.334 e. The van der Waals surface area contributed by atoms with Gasteiger partial charge in [0.1, 0.15) is 0 Å². The molecule has 8 heteroatoms. The van der Waals surface area contributed by atoms with Gasteiger partial charge in [-0.3, -0.25) is 4.79 Å². The molecule has 0 saturated carbocycles. The SMILES string of the molecule is C=CCN(Cc1ccc(Cl)s1)C(=O)C1CCN(S(=O)(=O)c2ccc(C)cc2C)CC1. The Bertz CT molecular complexity index is 1020.